The minimum atomic E-state index is -3.96. The molecule has 0 bridgehead atoms. The van der Waals surface area contributed by atoms with Crippen LogP contribution in [0.4, 0.5) is 17.1 Å². The fourth-order valence-corrected chi connectivity index (χ4v) is 6.19. The van der Waals surface area contributed by atoms with Gasteiger partial charge in [-0.05, 0) is 61.5 Å². The molecule has 1 heterocycles. The number of hydrogen-bond acceptors (Lipinski definition) is 6. The van der Waals surface area contributed by atoms with Gasteiger partial charge in [0.15, 0.2) is 6.10 Å². The fraction of sp³-hybridized carbons (Fsp3) is 0.174. The highest BCUT2D eigenvalue weighted by Gasteiger charge is 2.36. The largest absolute Gasteiger partial charge is 0.476 e. The number of nitrogens with one attached hydrogen (secondary N) is 2. The van der Waals surface area contributed by atoms with E-state index in [9.17, 15) is 21.6 Å². The van der Waals surface area contributed by atoms with E-state index in [1.54, 1.807) is 24.3 Å². The molecular weight excluding hydrogens is 549 g/mol. The summed E-state index contributed by atoms with van der Waals surface area (Å²) in [5.74, 6) is -0.447. The van der Waals surface area contributed by atoms with Crippen LogP contribution in [0.5, 0.6) is 5.75 Å². The molecule has 1 aliphatic rings. The van der Waals surface area contributed by atoms with Crippen molar-refractivity contribution in [3.63, 3.8) is 0 Å². The van der Waals surface area contributed by atoms with Gasteiger partial charge in [0.25, 0.3) is 15.9 Å². The zero-order valence-electron chi connectivity index (χ0n) is 18.8. The molecule has 13 heteroatoms. The Kier molecular flexibility index (Phi) is 7.37. The van der Waals surface area contributed by atoms with Gasteiger partial charge >= 0.3 is 0 Å². The predicted octanol–water partition coefficient (Wildman–Crippen LogP) is 4.35. The fourth-order valence-electron chi connectivity index (χ4n) is 3.47. The van der Waals surface area contributed by atoms with Gasteiger partial charge in [0, 0.05) is 10.7 Å². The third-order valence-corrected chi connectivity index (χ3v) is 9.01. The molecule has 0 saturated heterocycles. The van der Waals surface area contributed by atoms with Gasteiger partial charge in [0.2, 0.25) is 10.0 Å². The molecule has 1 aliphatic heterocycles. The van der Waals surface area contributed by atoms with Gasteiger partial charge in [0.05, 0.1) is 33.6 Å². The Bertz CT molecular complexity index is 1510. The third kappa shape index (κ3) is 5.54. The predicted molar refractivity (Wildman–Crippen MR) is 140 cm³/mol. The molecule has 190 valence electrons. The van der Waals surface area contributed by atoms with Crippen LogP contribution in [0.3, 0.4) is 0 Å². The summed E-state index contributed by atoms with van der Waals surface area (Å²) in [6, 6.07) is 16.4. The lowest BCUT2D eigenvalue weighted by molar-refractivity contribution is -0.122. The highest BCUT2D eigenvalue weighted by molar-refractivity contribution is 7.93. The number of para-hydroxylation sites is 2. The molecule has 0 fully saturated rings. The number of sulfonamides is 2. The van der Waals surface area contributed by atoms with E-state index in [4.69, 9.17) is 27.9 Å². The molecule has 36 heavy (non-hydrogen) atoms. The van der Waals surface area contributed by atoms with Gasteiger partial charge in [-0.25, -0.2) is 16.8 Å². The smallest absolute Gasteiger partial charge is 0.267 e. The summed E-state index contributed by atoms with van der Waals surface area (Å²) < 4.78 is 60.0. The standard InChI is InChI=1S/C23H21Cl2N3O6S2/c1-2-35(30,31)28-14-22(34-21-6-4-3-5-20(21)28)23(29)26-16-8-10-17(11-9-16)36(32,33)27-19-12-7-15(24)13-18(19)25/h3-13,22,27H,2,14H2,1H3,(H,26,29). The lowest BCUT2D eigenvalue weighted by Gasteiger charge is -2.34. The van der Waals surface area contributed by atoms with E-state index in [0.29, 0.717) is 16.4 Å². The van der Waals surface area contributed by atoms with Crippen molar-refractivity contribution >= 4 is 66.2 Å². The molecule has 4 rings (SSSR count). The Balaban J connectivity index is 1.49. The Morgan fingerprint density at radius 2 is 1.72 bits per heavy atom. The van der Waals surface area contributed by atoms with Gasteiger partial charge in [-0.15, -0.1) is 0 Å². The van der Waals surface area contributed by atoms with Crippen molar-refractivity contribution in [1.29, 1.82) is 0 Å². The number of ether oxygens (including phenoxy) is 1. The molecule has 0 radical (unpaired) electrons. The monoisotopic (exact) mass is 569 g/mol. The number of rotatable bonds is 7. The molecule has 9 nitrogen and oxygen atoms in total. The van der Waals surface area contributed by atoms with Crippen molar-refractivity contribution in [3.05, 3.63) is 76.8 Å². The van der Waals surface area contributed by atoms with Crippen molar-refractivity contribution < 1.29 is 26.4 Å². The second-order valence-electron chi connectivity index (χ2n) is 7.75. The maximum Gasteiger partial charge on any atom is 0.267 e. The second-order valence-corrected chi connectivity index (χ2v) is 12.5. The average molecular weight is 570 g/mol. The van der Waals surface area contributed by atoms with Crippen molar-refractivity contribution in [3.8, 4) is 5.75 Å². The SMILES string of the molecule is CCS(=O)(=O)N1CC(C(=O)Nc2ccc(S(=O)(=O)Nc3ccc(Cl)cc3Cl)cc2)Oc2ccccc21. The summed E-state index contributed by atoms with van der Waals surface area (Å²) in [6.45, 7) is 1.32. The summed E-state index contributed by atoms with van der Waals surface area (Å²) in [6.07, 6.45) is -1.11. The van der Waals surface area contributed by atoms with Crippen LogP contribution in [0, 0.1) is 0 Å². The zero-order valence-corrected chi connectivity index (χ0v) is 22.0. The van der Waals surface area contributed by atoms with Crippen LogP contribution in [0.25, 0.3) is 0 Å². The molecule has 0 aliphatic carbocycles. The number of carbonyl (C=O) groups excluding carboxylic acids is 1. The van der Waals surface area contributed by atoms with Gasteiger partial charge in [-0.3, -0.25) is 13.8 Å². The van der Waals surface area contributed by atoms with E-state index in [1.165, 1.54) is 53.7 Å². The van der Waals surface area contributed by atoms with Crippen LogP contribution in [0.2, 0.25) is 10.0 Å². The van der Waals surface area contributed by atoms with Crippen LogP contribution in [-0.2, 0) is 24.8 Å². The van der Waals surface area contributed by atoms with Crippen molar-refractivity contribution in [1.82, 2.24) is 0 Å². The van der Waals surface area contributed by atoms with Gasteiger partial charge in [0.1, 0.15) is 5.75 Å². The van der Waals surface area contributed by atoms with Crippen LogP contribution in [0.15, 0.2) is 71.6 Å². The molecule has 3 aromatic rings. The number of benzene rings is 3. The first kappa shape index (κ1) is 26.1. The summed E-state index contributed by atoms with van der Waals surface area (Å²) in [5.41, 5.74) is 0.835. The Hall–Kier alpha value is -2.99. The van der Waals surface area contributed by atoms with Gasteiger partial charge in [-0.2, -0.15) is 0 Å². The summed E-state index contributed by atoms with van der Waals surface area (Å²) in [5, 5.41) is 3.15. The van der Waals surface area contributed by atoms with Crippen LogP contribution >= 0.6 is 23.2 Å². The molecule has 0 aromatic heterocycles. The molecule has 1 amide bonds. The first-order valence-electron chi connectivity index (χ1n) is 10.6. The van der Waals surface area contributed by atoms with Gasteiger partial charge < -0.3 is 10.1 Å². The Morgan fingerprint density at radius 3 is 2.39 bits per heavy atom. The quantitative estimate of drug-likeness (QED) is 0.436. The number of nitrogens with zero attached hydrogens (tertiary/aromatic N) is 1. The van der Waals surface area contributed by atoms with Crippen molar-refractivity contribution in [2.24, 2.45) is 0 Å². The lowest BCUT2D eigenvalue weighted by atomic mass is 10.2. The molecule has 0 saturated carbocycles. The molecule has 1 atom stereocenters. The van der Waals surface area contributed by atoms with E-state index in [-0.39, 0.29) is 33.7 Å². The average Bonchev–Trinajstić information content (AvgIpc) is 2.85. The van der Waals surface area contributed by atoms with E-state index < -0.39 is 32.1 Å². The molecule has 3 aromatic carbocycles. The molecule has 2 N–H and O–H groups in total. The number of fused-ring (bicyclic) bond motifs is 1. The maximum atomic E-state index is 12.9. The summed E-state index contributed by atoms with van der Waals surface area (Å²) >= 11 is 11.9. The second kappa shape index (κ2) is 10.2. The van der Waals surface area contributed by atoms with E-state index in [1.807, 2.05) is 0 Å². The van der Waals surface area contributed by atoms with Crippen molar-refractivity contribution in [2.75, 3.05) is 26.6 Å². The summed E-state index contributed by atoms with van der Waals surface area (Å²) in [4.78, 5) is 12.9. The van der Waals surface area contributed by atoms with Crippen LogP contribution in [-0.4, -0.2) is 41.1 Å². The van der Waals surface area contributed by atoms with Crippen LogP contribution in [0.1, 0.15) is 6.92 Å². The number of carbonyl (C=O) groups is 1. The lowest BCUT2D eigenvalue weighted by Crippen LogP contribution is -2.49. The van der Waals surface area contributed by atoms with Gasteiger partial charge in [-0.1, -0.05) is 35.3 Å². The Morgan fingerprint density at radius 1 is 1.03 bits per heavy atom. The number of halogens is 2. The first-order valence-corrected chi connectivity index (χ1v) is 14.5. The molecule has 0 spiro atoms. The molecule has 1 unspecified atom stereocenters. The Labute approximate surface area is 219 Å². The van der Waals surface area contributed by atoms with E-state index in [0.717, 1.165) is 0 Å². The minimum absolute atomic E-state index is 0.0606. The third-order valence-electron chi connectivity index (χ3n) is 5.34. The topological polar surface area (TPSA) is 122 Å². The highest BCUT2D eigenvalue weighted by atomic mass is 35.5. The number of amides is 1. The van der Waals surface area contributed by atoms with E-state index in [2.05, 4.69) is 10.0 Å². The zero-order chi connectivity index (χ0) is 26.1. The molecular formula is C23H21Cl2N3O6S2. The van der Waals surface area contributed by atoms with Crippen LogP contribution < -0.4 is 19.1 Å². The maximum absolute atomic E-state index is 12.9. The van der Waals surface area contributed by atoms with Crippen molar-refractivity contribution in [2.45, 2.75) is 17.9 Å². The normalized spacial score (nSPS) is 15.5. The minimum Gasteiger partial charge on any atom is -0.476 e. The van der Waals surface area contributed by atoms with E-state index >= 15 is 0 Å². The first-order chi connectivity index (χ1) is 17.0. The summed E-state index contributed by atoms with van der Waals surface area (Å²) in [7, 11) is -7.61. The number of anilines is 3. The highest BCUT2D eigenvalue weighted by Crippen LogP contribution is 2.35. The number of hydrogen-bond donors (Lipinski definition) is 2.